The molecule has 0 heterocycles. The third kappa shape index (κ3) is 6.77. The lowest BCUT2D eigenvalue weighted by Crippen LogP contribution is -2.19. The summed E-state index contributed by atoms with van der Waals surface area (Å²) in [6.45, 7) is 4.28. The van der Waals surface area contributed by atoms with Gasteiger partial charge in [-0.25, -0.2) is 5.43 Å². The Labute approximate surface area is 211 Å². The number of aryl methyl sites for hydroxylation is 2. The minimum atomic E-state index is -0.442. The summed E-state index contributed by atoms with van der Waals surface area (Å²) >= 11 is 2.13. The van der Waals surface area contributed by atoms with Gasteiger partial charge in [-0.1, -0.05) is 18.2 Å². The van der Waals surface area contributed by atoms with E-state index in [4.69, 9.17) is 9.47 Å². The Morgan fingerprint density at radius 2 is 1.79 bits per heavy atom. The molecule has 0 fully saturated rings. The number of nitro benzene ring substituents is 1. The number of rotatable bonds is 9. The molecule has 3 aromatic carbocycles. The first-order chi connectivity index (χ1) is 16.3. The van der Waals surface area contributed by atoms with E-state index in [1.807, 2.05) is 38.1 Å². The van der Waals surface area contributed by atoms with Gasteiger partial charge in [-0.05, 0) is 88.5 Å². The van der Waals surface area contributed by atoms with E-state index in [0.29, 0.717) is 11.5 Å². The molecule has 0 saturated heterocycles. The van der Waals surface area contributed by atoms with Crippen LogP contribution in [0.15, 0.2) is 59.7 Å². The molecule has 0 radical (unpaired) electrons. The Hall–Kier alpha value is -3.47. The summed E-state index contributed by atoms with van der Waals surface area (Å²) in [5.41, 5.74) is 7.37. The number of nitro groups is 1. The van der Waals surface area contributed by atoms with Gasteiger partial charge in [0.25, 0.3) is 5.69 Å². The average molecular weight is 573 g/mol. The zero-order valence-corrected chi connectivity index (χ0v) is 21.2. The van der Waals surface area contributed by atoms with Crippen LogP contribution >= 0.6 is 22.6 Å². The second-order valence-electron chi connectivity index (χ2n) is 7.63. The van der Waals surface area contributed by atoms with Gasteiger partial charge < -0.3 is 9.47 Å². The van der Waals surface area contributed by atoms with Crippen LogP contribution in [0.2, 0.25) is 0 Å². The highest BCUT2D eigenvalue weighted by Crippen LogP contribution is 2.34. The monoisotopic (exact) mass is 573 g/mol. The fourth-order valence-electron chi connectivity index (χ4n) is 3.14. The number of nitrogens with zero attached hydrogens (tertiary/aromatic N) is 2. The van der Waals surface area contributed by atoms with Crippen molar-refractivity contribution in [1.29, 1.82) is 0 Å². The van der Waals surface area contributed by atoms with Crippen molar-refractivity contribution in [3.8, 4) is 11.5 Å². The minimum absolute atomic E-state index is 0.0284. The van der Waals surface area contributed by atoms with Gasteiger partial charge in [-0.15, -0.1) is 0 Å². The highest BCUT2D eigenvalue weighted by Gasteiger charge is 2.12. The largest absolute Gasteiger partial charge is 0.493 e. The maximum absolute atomic E-state index is 12.2. The summed E-state index contributed by atoms with van der Waals surface area (Å²) in [5.74, 6) is 0.860. The van der Waals surface area contributed by atoms with Crippen LogP contribution in [0.3, 0.4) is 0 Å². The van der Waals surface area contributed by atoms with Gasteiger partial charge >= 0.3 is 0 Å². The molecule has 8 nitrogen and oxygen atoms in total. The first kappa shape index (κ1) is 25.2. The molecule has 0 aromatic heterocycles. The van der Waals surface area contributed by atoms with Crippen molar-refractivity contribution in [2.24, 2.45) is 5.10 Å². The maximum Gasteiger partial charge on any atom is 0.269 e. The molecule has 0 bridgehead atoms. The second-order valence-corrected chi connectivity index (χ2v) is 8.80. The van der Waals surface area contributed by atoms with E-state index < -0.39 is 4.92 Å². The molecule has 0 atom stereocenters. The normalized spacial score (nSPS) is 10.8. The maximum atomic E-state index is 12.2. The van der Waals surface area contributed by atoms with E-state index in [0.717, 1.165) is 25.8 Å². The van der Waals surface area contributed by atoms with E-state index in [2.05, 4.69) is 33.1 Å². The van der Waals surface area contributed by atoms with E-state index in [-0.39, 0.29) is 24.6 Å². The van der Waals surface area contributed by atoms with Crippen molar-refractivity contribution in [3.05, 3.63) is 96.1 Å². The molecule has 1 N–H and O–H groups in total. The third-order valence-electron chi connectivity index (χ3n) is 5.12. The molecule has 0 aliphatic heterocycles. The topological polar surface area (TPSA) is 103 Å². The summed E-state index contributed by atoms with van der Waals surface area (Å²) in [6.07, 6.45) is 1.79. The molecule has 0 aliphatic rings. The van der Waals surface area contributed by atoms with Crippen LogP contribution in [0.4, 0.5) is 5.69 Å². The number of carbonyl (C=O) groups excluding carboxylic acids is 1. The highest BCUT2D eigenvalue weighted by atomic mass is 127. The Kier molecular flexibility index (Phi) is 8.58. The number of halogens is 1. The molecule has 3 aromatic rings. The number of methoxy groups -OCH3 is 1. The summed E-state index contributed by atoms with van der Waals surface area (Å²) in [4.78, 5) is 22.6. The fourth-order valence-corrected chi connectivity index (χ4v) is 3.92. The lowest BCUT2D eigenvalue weighted by atomic mass is 10.0. The zero-order chi connectivity index (χ0) is 24.7. The van der Waals surface area contributed by atoms with E-state index in [1.54, 1.807) is 24.4 Å². The number of carbonyl (C=O) groups is 1. The SMILES string of the molecule is COc1cc(/C=N/NC(=O)Cc2ccc(C)c(C)c2)cc(I)c1OCc1ccc([N+](=O)[O-])cc1. The van der Waals surface area contributed by atoms with Crippen LogP contribution in [0, 0.1) is 27.5 Å². The number of hydrogen-bond acceptors (Lipinski definition) is 6. The van der Waals surface area contributed by atoms with Crippen LogP contribution in [-0.4, -0.2) is 24.2 Å². The Bertz CT molecular complexity index is 1230. The Balaban J connectivity index is 1.62. The van der Waals surface area contributed by atoms with Crippen molar-refractivity contribution in [2.75, 3.05) is 7.11 Å². The van der Waals surface area contributed by atoms with Gasteiger partial charge in [0, 0.05) is 12.1 Å². The number of hydrazone groups is 1. The number of ether oxygens (including phenoxy) is 2. The van der Waals surface area contributed by atoms with E-state index in [1.165, 1.54) is 24.8 Å². The van der Waals surface area contributed by atoms with Gasteiger partial charge in [-0.3, -0.25) is 14.9 Å². The zero-order valence-electron chi connectivity index (χ0n) is 19.0. The summed E-state index contributed by atoms with van der Waals surface area (Å²) in [5, 5.41) is 14.9. The number of nitrogens with one attached hydrogen (secondary N) is 1. The Morgan fingerprint density at radius 1 is 1.09 bits per heavy atom. The summed E-state index contributed by atoms with van der Waals surface area (Å²) in [7, 11) is 1.54. The molecule has 0 unspecified atom stereocenters. The molecule has 0 aliphatic carbocycles. The summed E-state index contributed by atoms with van der Waals surface area (Å²) < 4.78 is 12.2. The molecule has 34 heavy (non-hydrogen) atoms. The number of amides is 1. The van der Waals surface area contributed by atoms with Crippen molar-refractivity contribution < 1.29 is 19.2 Å². The molecule has 3 rings (SSSR count). The van der Waals surface area contributed by atoms with Crippen LogP contribution in [-0.2, 0) is 17.8 Å². The van der Waals surface area contributed by atoms with Gasteiger partial charge in [0.1, 0.15) is 6.61 Å². The Morgan fingerprint density at radius 3 is 2.44 bits per heavy atom. The van der Waals surface area contributed by atoms with Crippen LogP contribution < -0.4 is 14.9 Å². The van der Waals surface area contributed by atoms with Gasteiger partial charge in [0.2, 0.25) is 5.91 Å². The van der Waals surface area contributed by atoms with Crippen molar-refractivity contribution in [2.45, 2.75) is 26.9 Å². The number of benzene rings is 3. The summed E-state index contributed by atoms with van der Waals surface area (Å²) in [6, 6.07) is 15.7. The molecule has 1 amide bonds. The number of non-ortho nitro benzene ring substituents is 1. The third-order valence-corrected chi connectivity index (χ3v) is 5.92. The van der Waals surface area contributed by atoms with Crippen LogP contribution in [0.5, 0.6) is 11.5 Å². The second kappa shape index (κ2) is 11.6. The predicted molar refractivity (Wildman–Crippen MR) is 138 cm³/mol. The lowest BCUT2D eigenvalue weighted by molar-refractivity contribution is -0.384. The molecule has 176 valence electrons. The van der Waals surface area contributed by atoms with Crippen LogP contribution in [0.1, 0.15) is 27.8 Å². The quantitative estimate of drug-likeness (QED) is 0.166. The smallest absolute Gasteiger partial charge is 0.269 e. The van der Waals surface area contributed by atoms with Crippen molar-refractivity contribution in [1.82, 2.24) is 5.43 Å². The molecular formula is C25H24IN3O5. The standard InChI is InChI=1S/C25H24IN3O5/c1-16-4-5-19(10-17(16)2)13-24(30)28-27-14-20-11-22(26)25(23(12-20)33-3)34-15-18-6-8-21(9-7-18)29(31)32/h4-12,14H,13,15H2,1-3H3,(H,28,30)/b27-14+. The lowest BCUT2D eigenvalue weighted by Gasteiger charge is -2.13. The van der Waals surface area contributed by atoms with E-state index >= 15 is 0 Å². The van der Waals surface area contributed by atoms with Gasteiger partial charge in [-0.2, -0.15) is 5.10 Å². The minimum Gasteiger partial charge on any atom is -0.493 e. The molecule has 0 spiro atoms. The predicted octanol–water partition coefficient (Wildman–Crippen LogP) is 5.10. The highest BCUT2D eigenvalue weighted by molar-refractivity contribution is 14.1. The number of hydrogen-bond donors (Lipinski definition) is 1. The van der Waals surface area contributed by atoms with Gasteiger partial charge in [0.15, 0.2) is 11.5 Å². The molecule has 0 saturated carbocycles. The van der Waals surface area contributed by atoms with Crippen molar-refractivity contribution >= 4 is 40.4 Å². The first-order valence-electron chi connectivity index (χ1n) is 10.4. The van der Waals surface area contributed by atoms with E-state index in [9.17, 15) is 14.9 Å². The molecular weight excluding hydrogens is 549 g/mol. The average Bonchev–Trinajstić information content (AvgIpc) is 2.80. The van der Waals surface area contributed by atoms with Crippen molar-refractivity contribution in [3.63, 3.8) is 0 Å². The first-order valence-corrected chi connectivity index (χ1v) is 11.5. The molecule has 9 heteroatoms. The fraction of sp³-hybridized carbons (Fsp3) is 0.200. The van der Waals surface area contributed by atoms with Crippen LogP contribution in [0.25, 0.3) is 0 Å². The van der Waals surface area contributed by atoms with Gasteiger partial charge in [0.05, 0.1) is 28.2 Å².